The van der Waals surface area contributed by atoms with E-state index < -0.39 is 17.8 Å². The van der Waals surface area contributed by atoms with E-state index in [1.54, 1.807) is 6.07 Å². The van der Waals surface area contributed by atoms with Crippen molar-refractivity contribution in [1.82, 2.24) is 14.8 Å². The van der Waals surface area contributed by atoms with Crippen LogP contribution in [0.5, 0.6) is 5.75 Å². The predicted molar refractivity (Wildman–Crippen MR) is 162 cm³/mol. The van der Waals surface area contributed by atoms with Crippen LogP contribution in [0, 0.1) is 5.82 Å². The van der Waals surface area contributed by atoms with Crippen molar-refractivity contribution < 1.29 is 23.8 Å². The second kappa shape index (κ2) is 13.7. The molecule has 0 bridgehead atoms. The summed E-state index contributed by atoms with van der Waals surface area (Å²) in [6.07, 6.45) is 8.81. The number of rotatable bonds is 12. The van der Waals surface area contributed by atoms with Gasteiger partial charge < -0.3 is 24.8 Å². The van der Waals surface area contributed by atoms with Crippen molar-refractivity contribution in [3.05, 3.63) is 52.5 Å². The second-order valence-electron chi connectivity index (χ2n) is 12.6. The van der Waals surface area contributed by atoms with Crippen molar-refractivity contribution >= 4 is 11.8 Å². The van der Waals surface area contributed by atoms with E-state index in [4.69, 9.17) is 14.5 Å². The first-order valence-electron chi connectivity index (χ1n) is 15.6. The van der Waals surface area contributed by atoms with Crippen LogP contribution in [-0.2, 0) is 27.8 Å². The molecule has 3 aliphatic heterocycles. The highest BCUT2D eigenvalue weighted by atomic mass is 19.1. The van der Waals surface area contributed by atoms with Crippen LogP contribution < -0.4 is 10.1 Å². The molecule has 2 saturated heterocycles. The molecule has 2 fully saturated rings. The molecular formula is C33H47FN4O4. The van der Waals surface area contributed by atoms with E-state index in [1.807, 2.05) is 11.0 Å². The van der Waals surface area contributed by atoms with E-state index in [1.165, 1.54) is 19.1 Å². The number of aliphatic carboxylic acids is 1. The average Bonchev–Trinajstić information content (AvgIpc) is 3.44. The molecule has 8 nitrogen and oxygen atoms in total. The molecule has 0 spiro atoms. The summed E-state index contributed by atoms with van der Waals surface area (Å²) in [5.74, 6) is -0.415. The molecular weight excluding hydrogens is 535 g/mol. The summed E-state index contributed by atoms with van der Waals surface area (Å²) < 4.78 is 27.0. The fourth-order valence-corrected chi connectivity index (χ4v) is 6.74. The minimum Gasteiger partial charge on any atom is -0.493 e. The van der Waals surface area contributed by atoms with E-state index in [-0.39, 0.29) is 17.3 Å². The van der Waals surface area contributed by atoms with Crippen LogP contribution in [0.1, 0.15) is 80.3 Å². The zero-order valence-electron chi connectivity index (χ0n) is 25.5. The molecule has 2 aromatic rings. The summed E-state index contributed by atoms with van der Waals surface area (Å²) in [7, 11) is 3.50. The molecule has 0 unspecified atom stereocenters. The number of carboxylic acid groups (broad SMARTS) is 1. The van der Waals surface area contributed by atoms with E-state index in [2.05, 4.69) is 36.3 Å². The molecule has 1 aromatic heterocycles. The van der Waals surface area contributed by atoms with E-state index in [0.717, 1.165) is 88.1 Å². The highest BCUT2D eigenvalue weighted by Crippen LogP contribution is 2.41. The number of carboxylic acids is 1. The summed E-state index contributed by atoms with van der Waals surface area (Å²) in [4.78, 5) is 21.6. The topological polar surface area (TPSA) is 87.2 Å². The quantitative estimate of drug-likeness (QED) is 0.331. The van der Waals surface area contributed by atoms with Crippen molar-refractivity contribution in [1.29, 1.82) is 0 Å². The van der Waals surface area contributed by atoms with Crippen LogP contribution in [-0.4, -0.2) is 85.5 Å². The molecule has 3 aliphatic rings. The number of unbranched alkanes of at least 4 members (excludes halogenated alkanes) is 2. The maximum Gasteiger partial charge on any atom is 0.325 e. The molecule has 0 radical (unpaired) electrons. The van der Waals surface area contributed by atoms with Gasteiger partial charge in [0.15, 0.2) is 11.6 Å². The summed E-state index contributed by atoms with van der Waals surface area (Å²) in [5, 5.41) is 13.7. The predicted octanol–water partition coefficient (Wildman–Crippen LogP) is 5.20. The van der Waals surface area contributed by atoms with Gasteiger partial charge in [0.1, 0.15) is 11.9 Å². The number of nitrogens with one attached hydrogen (secondary N) is 1. The Morgan fingerprint density at radius 1 is 1.21 bits per heavy atom. The Bertz CT molecular complexity index is 1230. The number of likely N-dealkylation sites (tertiary alicyclic amines) is 2. The number of benzene rings is 1. The Hall–Kier alpha value is -2.75. The summed E-state index contributed by atoms with van der Waals surface area (Å²) in [6, 6.07) is 6.79. The Balaban J connectivity index is 1.15. The van der Waals surface area contributed by atoms with Gasteiger partial charge in [-0.3, -0.25) is 9.69 Å². The molecule has 5 rings (SSSR count). The molecule has 0 aliphatic carbocycles. The Labute approximate surface area is 249 Å². The number of anilines is 1. The first kappa shape index (κ1) is 30.7. The number of ether oxygens (including phenoxy) is 2. The van der Waals surface area contributed by atoms with Gasteiger partial charge in [-0.25, -0.2) is 9.37 Å². The first-order valence-corrected chi connectivity index (χ1v) is 15.6. The van der Waals surface area contributed by atoms with Gasteiger partial charge in [0.05, 0.1) is 13.2 Å². The highest BCUT2D eigenvalue weighted by Gasteiger charge is 2.39. The first-order chi connectivity index (χ1) is 20.3. The third-order valence-corrected chi connectivity index (χ3v) is 9.52. The van der Waals surface area contributed by atoms with Crippen LogP contribution in [0.25, 0.3) is 0 Å². The fourth-order valence-electron chi connectivity index (χ4n) is 6.74. The standard InChI is InChI=1S/C33H47FN4O4/c1-33(13-17-37(2)18-14-33)24-20-27(30(41-3)28(34)21-24)29(32(39)40)38-16-12-26(22-38)42-19-6-4-5-9-25-11-10-23-8-7-15-35-31(23)36-25/h10-11,20-21,26,29H,4-9,12-19,22H2,1-3H3,(H,35,36)(H,39,40)/t26-,29+/m1/s1. The van der Waals surface area contributed by atoms with Crippen LogP contribution in [0.4, 0.5) is 10.2 Å². The van der Waals surface area contributed by atoms with E-state index in [9.17, 15) is 9.90 Å². The van der Waals surface area contributed by atoms with Gasteiger partial charge in [0.25, 0.3) is 0 Å². The van der Waals surface area contributed by atoms with Gasteiger partial charge in [-0.2, -0.15) is 0 Å². The zero-order valence-corrected chi connectivity index (χ0v) is 25.5. The fraction of sp³-hybridized carbons (Fsp3) is 0.636. The summed E-state index contributed by atoms with van der Waals surface area (Å²) >= 11 is 0. The third-order valence-electron chi connectivity index (χ3n) is 9.52. The molecule has 2 atom stereocenters. The maximum absolute atomic E-state index is 15.4. The monoisotopic (exact) mass is 582 g/mol. The smallest absolute Gasteiger partial charge is 0.325 e. The molecule has 9 heteroatoms. The van der Waals surface area contributed by atoms with Crippen molar-refractivity contribution in [2.75, 3.05) is 58.8 Å². The maximum atomic E-state index is 15.4. The number of carbonyl (C=O) groups is 1. The lowest BCUT2D eigenvalue weighted by Gasteiger charge is -2.39. The number of hydrogen-bond donors (Lipinski definition) is 2. The lowest BCUT2D eigenvalue weighted by atomic mass is 9.74. The minimum atomic E-state index is -0.995. The minimum absolute atomic E-state index is 0.0243. The number of pyridine rings is 1. The molecule has 42 heavy (non-hydrogen) atoms. The van der Waals surface area contributed by atoms with Gasteiger partial charge in [-0.15, -0.1) is 0 Å². The van der Waals surface area contributed by atoms with Gasteiger partial charge >= 0.3 is 5.97 Å². The van der Waals surface area contributed by atoms with Crippen LogP contribution in [0.2, 0.25) is 0 Å². The number of fused-ring (bicyclic) bond motifs is 1. The average molecular weight is 583 g/mol. The number of hydrogen-bond acceptors (Lipinski definition) is 7. The van der Waals surface area contributed by atoms with Gasteiger partial charge in [-0.05, 0) is 106 Å². The van der Waals surface area contributed by atoms with Crippen molar-refractivity contribution in [2.24, 2.45) is 0 Å². The Morgan fingerprint density at radius 3 is 2.79 bits per heavy atom. The van der Waals surface area contributed by atoms with Crippen LogP contribution >= 0.6 is 0 Å². The third kappa shape index (κ3) is 7.06. The molecule has 2 N–H and O–H groups in total. The number of methoxy groups -OCH3 is 1. The van der Waals surface area contributed by atoms with Crippen molar-refractivity contribution in [2.45, 2.75) is 82.3 Å². The summed E-state index contributed by atoms with van der Waals surface area (Å²) in [5.41, 5.74) is 3.49. The van der Waals surface area contributed by atoms with Crippen molar-refractivity contribution in [3.8, 4) is 5.75 Å². The normalized spacial score (nSPS) is 21.5. The molecule has 4 heterocycles. The number of nitrogens with zero attached hydrogens (tertiary/aromatic N) is 3. The van der Waals surface area contributed by atoms with E-state index >= 15 is 4.39 Å². The summed E-state index contributed by atoms with van der Waals surface area (Å²) in [6.45, 7) is 6.74. The highest BCUT2D eigenvalue weighted by molar-refractivity contribution is 5.77. The number of piperidine rings is 1. The molecule has 1 aromatic carbocycles. The van der Waals surface area contributed by atoms with Crippen LogP contribution in [0.3, 0.4) is 0 Å². The zero-order chi connectivity index (χ0) is 29.7. The molecule has 230 valence electrons. The number of aromatic nitrogens is 1. The molecule has 0 saturated carbocycles. The molecule has 0 amide bonds. The van der Waals surface area contributed by atoms with Gasteiger partial charge in [0, 0.05) is 37.5 Å². The lowest BCUT2D eigenvalue weighted by Crippen LogP contribution is -2.39. The van der Waals surface area contributed by atoms with Crippen LogP contribution in [0.15, 0.2) is 24.3 Å². The largest absolute Gasteiger partial charge is 0.493 e. The van der Waals surface area contributed by atoms with Crippen molar-refractivity contribution in [3.63, 3.8) is 0 Å². The van der Waals surface area contributed by atoms with E-state index in [0.29, 0.717) is 25.3 Å². The lowest BCUT2D eigenvalue weighted by molar-refractivity contribution is -0.143. The Kier molecular flexibility index (Phi) is 10.0. The second-order valence-corrected chi connectivity index (χ2v) is 12.6. The van der Waals surface area contributed by atoms with Gasteiger partial charge in [0.2, 0.25) is 0 Å². The number of aryl methyl sites for hydroxylation is 2. The number of halogens is 1. The van der Waals surface area contributed by atoms with Gasteiger partial charge in [-0.1, -0.05) is 19.4 Å². The Morgan fingerprint density at radius 2 is 2.02 bits per heavy atom. The SMILES string of the molecule is COc1c(F)cc(C2(C)CCN(C)CC2)cc1[C@@H](C(=O)O)N1CC[C@@H](OCCCCCc2ccc3c(n2)NCCC3)C1.